The molecule has 0 fully saturated rings. The second kappa shape index (κ2) is 9.45. The van der Waals surface area contributed by atoms with Gasteiger partial charge in [-0.1, -0.05) is 49.7 Å². The van der Waals surface area contributed by atoms with Crippen molar-refractivity contribution in [2.45, 2.75) is 27.7 Å². The lowest BCUT2D eigenvalue weighted by molar-refractivity contribution is 1.26. The molecule has 3 N–H and O–H groups in total. The lowest BCUT2D eigenvalue weighted by Crippen LogP contribution is -2.11. The summed E-state index contributed by atoms with van der Waals surface area (Å²) in [5.74, 6) is 0.708. The van der Waals surface area contributed by atoms with Crippen molar-refractivity contribution in [2.75, 3.05) is 5.32 Å². The summed E-state index contributed by atoms with van der Waals surface area (Å²) in [5.41, 5.74) is 7.27. The van der Waals surface area contributed by atoms with E-state index in [9.17, 15) is 0 Å². The number of halogens is 2. The molecular weight excluding hydrogens is 293 g/mol. The highest BCUT2D eigenvalue weighted by Gasteiger charge is 2.01. The van der Waals surface area contributed by atoms with E-state index in [4.69, 9.17) is 28.9 Å². The number of anilines is 1. The van der Waals surface area contributed by atoms with Crippen molar-refractivity contribution in [3.63, 3.8) is 0 Å². The molecule has 0 atom stereocenters. The number of nitrogens with two attached hydrogens (primary N) is 1. The van der Waals surface area contributed by atoms with E-state index in [1.807, 2.05) is 39.0 Å². The largest absolute Gasteiger partial charge is 0.384 e. The second-order valence-corrected chi connectivity index (χ2v) is 4.81. The van der Waals surface area contributed by atoms with E-state index in [0.29, 0.717) is 15.9 Å². The molecular formula is C15H21Cl2N3. The molecule has 0 aliphatic carbocycles. The molecule has 0 radical (unpaired) electrons. The number of aliphatic imine (C=N–C) groups is 1. The highest BCUT2D eigenvalue weighted by atomic mass is 35.5. The van der Waals surface area contributed by atoms with E-state index in [-0.39, 0.29) is 5.82 Å². The van der Waals surface area contributed by atoms with Crippen molar-refractivity contribution in [1.29, 1.82) is 0 Å². The lowest BCUT2D eigenvalue weighted by Gasteiger charge is -2.08. The van der Waals surface area contributed by atoms with Gasteiger partial charge in [0, 0.05) is 15.7 Å². The molecule has 3 nitrogen and oxygen atoms in total. The van der Waals surface area contributed by atoms with E-state index in [2.05, 4.69) is 16.9 Å². The first kappa shape index (κ1) is 18.6. The van der Waals surface area contributed by atoms with Crippen LogP contribution in [0.1, 0.15) is 26.3 Å². The Labute approximate surface area is 131 Å². The zero-order valence-corrected chi connectivity index (χ0v) is 13.8. The monoisotopic (exact) mass is 313 g/mol. The standard InChI is InChI=1S/C13H15Cl2N3.C2H6/c1-8-4-5-11(7-12(8)15)18-13(6-9(2)14)17-10(3)16;1-2/h4-7H,3,16H2,1-2H3,(H,17,18);1-2H3/b9-6+;. The van der Waals surface area contributed by atoms with Gasteiger partial charge < -0.3 is 11.1 Å². The van der Waals surface area contributed by atoms with Gasteiger partial charge >= 0.3 is 0 Å². The average Bonchev–Trinajstić information content (AvgIpc) is 2.34. The molecule has 0 aliphatic rings. The van der Waals surface area contributed by atoms with E-state index in [1.54, 1.807) is 13.0 Å². The van der Waals surface area contributed by atoms with Crippen molar-refractivity contribution in [1.82, 2.24) is 0 Å². The topological polar surface area (TPSA) is 50.4 Å². The Morgan fingerprint density at radius 2 is 2.00 bits per heavy atom. The number of nitrogens with zero attached hydrogens (tertiary/aromatic N) is 1. The number of amidine groups is 1. The fraction of sp³-hybridized carbons (Fsp3) is 0.267. The van der Waals surface area contributed by atoms with Crippen LogP contribution in [0.15, 0.2) is 46.7 Å². The van der Waals surface area contributed by atoms with Crippen LogP contribution in [-0.2, 0) is 0 Å². The number of rotatable bonds is 3. The summed E-state index contributed by atoms with van der Waals surface area (Å²) in [5, 5.41) is 4.34. The third kappa shape index (κ3) is 7.22. The van der Waals surface area contributed by atoms with Gasteiger partial charge in [-0.2, -0.15) is 0 Å². The van der Waals surface area contributed by atoms with Crippen LogP contribution >= 0.6 is 23.2 Å². The normalized spacial score (nSPS) is 11.5. The maximum absolute atomic E-state index is 6.05. The molecule has 20 heavy (non-hydrogen) atoms. The minimum absolute atomic E-state index is 0.199. The lowest BCUT2D eigenvalue weighted by atomic mass is 10.2. The SMILES string of the molecule is C=C(N)/N=C(\C=C(/C)Cl)Nc1ccc(C)c(Cl)c1.CC. The number of hydrogen-bond donors (Lipinski definition) is 2. The molecule has 0 heterocycles. The molecule has 0 spiro atoms. The Morgan fingerprint density at radius 1 is 1.40 bits per heavy atom. The Hall–Kier alpha value is -1.45. The minimum Gasteiger partial charge on any atom is -0.384 e. The maximum atomic E-state index is 6.05. The Balaban J connectivity index is 0.00000172. The molecule has 5 heteroatoms. The predicted molar refractivity (Wildman–Crippen MR) is 91.5 cm³/mol. The van der Waals surface area contributed by atoms with E-state index in [1.165, 1.54) is 0 Å². The molecule has 0 amide bonds. The summed E-state index contributed by atoms with van der Waals surface area (Å²) < 4.78 is 0. The smallest absolute Gasteiger partial charge is 0.133 e. The zero-order chi connectivity index (χ0) is 15.7. The molecule has 0 aromatic heterocycles. The first-order valence-corrected chi connectivity index (χ1v) is 7.04. The van der Waals surface area contributed by atoms with Gasteiger partial charge in [-0.15, -0.1) is 0 Å². The summed E-state index contributed by atoms with van der Waals surface area (Å²) >= 11 is 11.9. The van der Waals surface area contributed by atoms with Crippen LogP contribution < -0.4 is 11.1 Å². The predicted octanol–water partition coefficient (Wildman–Crippen LogP) is 5.06. The van der Waals surface area contributed by atoms with Crippen LogP contribution in [0.4, 0.5) is 5.69 Å². The van der Waals surface area contributed by atoms with Gasteiger partial charge in [0.2, 0.25) is 0 Å². The highest BCUT2D eigenvalue weighted by Crippen LogP contribution is 2.20. The summed E-state index contributed by atoms with van der Waals surface area (Å²) in [6, 6.07) is 5.62. The number of benzene rings is 1. The van der Waals surface area contributed by atoms with Crippen molar-refractivity contribution in [3.8, 4) is 0 Å². The van der Waals surface area contributed by atoms with Gasteiger partial charge in [0.05, 0.1) is 0 Å². The molecule has 1 aromatic rings. The molecule has 110 valence electrons. The first-order valence-electron chi connectivity index (χ1n) is 6.28. The summed E-state index contributed by atoms with van der Waals surface area (Å²) in [6.45, 7) is 11.2. The van der Waals surface area contributed by atoms with Crippen molar-refractivity contribution in [2.24, 2.45) is 10.7 Å². The molecule has 0 unspecified atom stereocenters. The van der Waals surface area contributed by atoms with Gasteiger partial charge in [-0.05, 0) is 37.6 Å². The van der Waals surface area contributed by atoms with Crippen LogP contribution in [0.25, 0.3) is 0 Å². The van der Waals surface area contributed by atoms with Crippen LogP contribution in [0.2, 0.25) is 5.02 Å². The number of hydrogen-bond acceptors (Lipinski definition) is 2. The second-order valence-electron chi connectivity index (χ2n) is 3.81. The summed E-state index contributed by atoms with van der Waals surface area (Å²) in [6.07, 6.45) is 1.66. The molecule has 0 saturated carbocycles. The Morgan fingerprint density at radius 3 is 2.45 bits per heavy atom. The molecule has 0 bridgehead atoms. The number of nitrogens with one attached hydrogen (secondary N) is 1. The first-order chi connectivity index (χ1) is 9.38. The van der Waals surface area contributed by atoms with Gasteiger partial charge in [0.1, 0.15) is 11.7 Å². The average molecular weight is 314 g/mol. The van der Waals surface area contributed by atoms with Crippen molar-refractivity contribution < 1.29 is 0 Å². The molecule has 1 aromatic carbocycles. The Kier molecular flexibility index (Phi) is 8.77. The molecule has 0 saturated heterocycles. The minimum atomic E-state index is 0.199. The van der Waals surface area contributed by atoms with Crippen LogP contribution in [-0.4, -0.2) is 5.84 Å². The fourth-order valence-corrected chi connectivity index (χ4v) is 1.54. The van der Waals surface area contributed by atoms with Crippen LogP contribution in [0, 0.1) is 6.92 Å². The van der Waals surface area contributed by atoms with Gasteiger partial charge in [0.25, 0.3) is 0 Å². The molecule has 0 aliphatic heterocycles. The summed E-state index contributed by atoms with van der Waals surface area (Å²) in [7, 11) is 0. The summed E-state index contributed by atoms with van der Waals surface area (Å²) in [4.78, 5) is 4.05. The van der Waals surface area contributed by atoms with Crippen molar-refractivity contribution >= 4 is 34.7 Å². The van der Waals surface area contributed by atoms with Crippen LogP contribution in [0.5, 0.6) is 0 Å². The van der Waals surface area contributed by atoms with Crippen molar-refractivity contribution in [3.05, 3.63) is 52.3 Å². The fourth-order valence-electron chi connectivity index (χ4n) is 1.26. The van der Waals surface area contributed by atoms with Gasteiger partial charge in [0.15, 0.2) is 0 Å². The quantitative estimate of drug-likeness (QED) is 0.605. The van der Waals surface area contributed by atoms with Crippen LogP contribution in [0.3, 0.4) is 0 Å². The van der Waals surface area contributed by atoms with E-state index >= 15 is 0 Å². The van der Waals surface area contributed by atoms with Gasteiger partial charge in [-0.3, -0.25) is 0 Å². The number of aryl methyl sites for hydroxylation is 1. The zero-order valence-electron chi connectivity index (χ0n) is 12.3. The highest BCUT2D eigenvalue weighted by molar-refractivity contribution is 6.32. The maximum Gasteiger partial charge on any atom is 0.133 e. The van der Waals surface area contributed by atoms with E-state index in [0.717, 1.165) is 11.3 Å². The Bertz CT molecular complexity index is 516. The molecule has 1 rings (SSSR count). The van der Waals surface area contributed by atoms with E-state index < -0.39 is 0 Å². The van der Waals surface area contributed by atoms with Gasteiger partial charge in [-0.25, -0.2) is 4.99 Å². The third-order valence-corrected chi connectivity index (χ3v) is 2.56. The third-order valence-electron chi connectivity index (χ3n) is 2.04. The number of allylic oxidation sites excluding steroid dienone is 1.